The van der Waals surface area contributed by atoms with E-state index in [1.165, 1.54) is 0 Å². The summed E-state index contributed by atoms with van der Waals surface area (Å²) in [5.41, 5.74) is 6.11. The highest BCUT2D eigenvalue weighted by Gasteiger charge is 2.19. The number of guanidine groups is 1. The number of nitrogens with two attached hydrogens (primary N) is 1. The molecule has 0 aliphatic carbocycles. The van der Waals surface area contributed by atoms with E-state index in [1.807, 2.05) is 25.4 Å². The molecule has 2 aromatic heterocycles. The van der Waals surface area contributed by atoms with Crippen LogP contribution >= 0.6 is 35.3 Å². The zero-order chi connectivity index (χ0) is 16.9. The van der Waals surface area contributed by atoms with Crippen molar-refractivity contribution in [2.45, 2.75) is 26.2 Å². The van der Waals surface area contributed by atoms with Crippen molar-refractivity contribution in [1.82, 2.24) is 20.0 Å². The van der Waals surface area contributed by atoms with Crippen LogP contribution in [-0.2, 0) is 6.42 Å². The van der Waals surface area contributed by atoms with Gasteiger partial charge < -0.3 is 20.1 Å². The van der Waals surface area contributed by atoms with E-state index in [1.54, 1.807) is 11.3 Å². The van der Waals surface area contributed by atoms with Gasteiger partial charge in [0.25, 0.3) is 0 Å². The molecular formula is C15H24IN7OS. The molecule has 1 aliphatic heterocycles. The molecule has 1 saturated heterocycles. The van der Waals surface area contributed by atoms with Gasteiger partial charge in [0.05, 0.1) is 6.54 Å². The van der Waals surface area contributed by atoms with Crippen molar-refractivity contribution in [2.24, 2.45) is 10.7 Å². The maximum atomic E-state index is 6.11. The Labute approximate surface area is 168 Å². The minimum atomic E-state index is 0. The Hall–Kier alpha value is -1.43. The van der Waals surface area contributed by atoms with Crippen LogP contribution in [0.3, 0.4) is 0 Å². The van der Waals surface area contributed by atoms with E-state index in [9.17, 15) is 0 Å². The number of aromatic nitrogens is 3. The van der Waals surface area contributed by atoms with E-state index in [0.29, 0.717) is 24.8 Å². The first-order valence-electron chi connectivity index (χ1n) is 8.15. The lowest BCUT2D eigenvalue weighted by atomic mass is 10.2. The number of nitrogens with zero attached hydrogens (tertiary/aromatic N) is 6. The zero-order valence-corrected chi connectivity index (χ0v) is 17.6. The molecule has 2 aromatic rings. The van der Waals surface area contributed by atoms with Gasteiger partial charge in [-0.25, -0.2) is 4.98 Å². The number of rotatable bonds is 5. The maximum absolute atomic E-state index is 6.11. The molecule has 3 heterocycles. The van der Waals surface area contributed by atoms with Crippen LogP contribution in [0.25, 0.3) is 0 Å². The van der Waals surface area contributed by atoms with Crippen LogP contribution in [0.5, 0.6) is 0 Å². The fraction of sp³-hybridized carbons (Fsp3) is 0.600. The predicted molar refractivity (Wildman–Crippen MR) is 110 cm³/mol. The van der Waals surface area contributed by atoms with Gasteiger partial charge in [0.2, 0.25) is 5.89 Å². The van der Waals surface area contributed by atoms with Crippen LogP contribution in [0, 0.1) is 0 Å². The van der Waals surface area contributed by atoms with Crippen LogP contribution in [0.1, 0.15) is 31.5 Å². The van der Waals surface area contributed by atoms with Crippen LogP contribution in [-0.4, -0.2) is 58.7 Å². The smallest absolute Gasteiger partial charge is 0.228 e. The van der Waals surface area contributed by atoms with Crippen molar-refractivity contribution in [3.05, 3.63) is 23.3 Å². The third-order valence-electron chi connectivity index (χ3n) is 3.89. The van der Waals surface area contributed by atoms with Gasteiger partial charge in [0, 0.05) is 50.1 Å². The predicted octanol–water partition coefficient (Wildman–Crippen LogP) is 1.95. The average Bonchev–Trinajstić information content (AvgIpc) is 3.27. The van der Waals surface area contributed by atoms with Gasteiger partial charge in [-0.3, -0.25) is 4.99 Å². The minimum absolute atomic E-state index is 0. The van der Waals surface area contributed by atoms with Crippen LogP contribution in [0.2, 0.25) is 0 Å². The van der Waals surface area contributed by atoms with E-state index in [-0.39, 0.29) is 29.9 Å². The molecule has 0 aromatic carbocycles. The zero-order valence-electron chi connectivity index (χ0n) is 14.5. The standard InChI is InChI=1S/C15H23N7OS.HI/c1-11(2)13-19-12(23-20-13)3-4-17-14(16)21-6-8-22(9-7-21)15-18-5-10-24-15;/h5,10-11H,3-4,6-9H2,1-2H3,(H2,16,17);1H. The SMILES string of the molecule is CC(C)c1noc(CCN=C(N)N2CCN(c3nccs3)CC2)n1.I. The lowest BCUT2D eigenvalue weighted by Crippen LogP contribution is -2.51. The number of piperazine rings is 1. The fourth-order valence-electron chi connectivity index (χ4n) is 2.47. The second kappa shape index (κ2) is 9.32. The lowest BCUT2D eigenvalue weighted by Gasteiger charge is -2.35. The summed E-state index contributed by atoms with van der Waals surface area (Å²) in [6, 6.07) is 0. The van der Waals surface area contributed by atoms with E-state index >= 15 is 0 Å². The molecule has 8 nitrogen and oxygen atoms in total. The van der Waals surface area contributed by atoms with Crippen LogP contribution in [0.15, 0.2) is 21.1 Å². The lowest BCUT2D eigenvalue weighted by molar-refractivity contribution is 0.369. The van der Waals surface area contributed by atoms with Crippen molar-refractivity contribution in [2.75, 3.05) is 37.6 Å². The molecule has 0 atom stereocenters. The highest BCUT2D eigenvalue weighted by molar-refractivity contribution is 14.0. The first kappa shape index (κ1) is 19.9. The molecule has 0 unspecified atom stereocenters. The topological polar surface area (TPSA) is 96.7 Å². The molecule has 0 saturated carbocycles. The quantitative estimate of drug-likeness (QED) is 0.400. The van der Waals surface area contributed by atoms with Crippen molar-refractivity contribution in [3.63, 3.8) is 0 Å². The van der Waals surface area contributed by atoms with Crippen molar-refractivity contribution < 1.29 is 4.52 Å². The van der Waals surface area contributed by atoms with Gasteiger partial charge in [-0.2, -0.15) is 4.98 Å². The van der Waals surface area contributed by atoms with Crippen molar-refractivity contribution in [3.8, 4) is 0 Å². The number of halogens is 1. The molecule has 0 spiro atoms. The molecule has 138 valence electrons. The molecular weight excluding hydrogens is 453 g/mol. The summed E-state index contributed by atoms with van der Waals surface area (Å²) >= 11 is 1.67. The molecule has 3 rings (SSSR count). The summed E-state index contributed by atoms with van der Waals surface area (Å²) in [5.74, 6) is 2.20. The van der Waals surface area contributed by atoms with Gasteiger partial charge in [0.15, 0.2) is 16.9 Å². The van der Waals surface area contributed by atoms with E-state index in [0.717, 1.165) is 37.1 Å². The first-order chi connectivity index (χ1) is 11.6. The summed E-state index contributed by atoms with van der Waals surface area (Å²) in [6.45, 7) is 8.15. The minimum Gasteiger partial charge on any atom is -0.370 e. The summed E-state index contributed by atoms with van der Waals surface area (Å²) in [4.78, 5) is 17.5. The van der Waals surface area contributed by atoms with Crippen molar-refractivity contribution in [1.29, 1.82) is 0 Å². The Morgan fingerprint density at radius 1 is 1.36 bits per heavy atom. The number of hydrogen-bond donors (Lipinski definition) is 1. The highest BCUT2D eigenvalue weighted by atomic mass is 127. The molecule has 0 bridgehead atoms. The fourth-order valence-corrected chi connectivity index (χ4v) is 3.17. The van der Waals surface area contributed by atoms with E-state index < -0.39 is 0 Å². The molecule has 25 heavy (non-hydrogen) atoms. The molecule has 0 amide bonds. The first-order valence-corrected chi connectivity index (χ1v) is 9.03. The normalized spacial score (nSPS) is 15.6. The van der Waals surface area contributed by atoms with Crippen LogP contribution in [0.4, 0.5) is 5.13 Å². The summed E-state index contributed by atoms with van der Waals surface area (Å²) in [7, 11) is 0. The van der Waals surface area contributed by atoms with Gasteiger partial charge in [-0.15, -0.1) is 35.3 Å². The third kappa shape index (κ3) is 5.27. The Kier molecular flexibility index (Phi) is 7.41. The molecule has 1 aliphatic rings. The number of aliphatic imine (C=N–C) groups is 1. The van der Waals surface area contributed by atoms with Gasteiger partial charge >= 0.3 is 0 Å². The Morgan fingerprint density at radius 2 is 2.12 bits per heavy atom. The van der Waals surface area contributed by atoms with Gasteiger partial charge in [0.1, 0.15) is 0 Å². The average molecular weight is 477 g/mol. The Bertz CT molecular complexity index is 665. The number of anilines is 1. The van der Waals surface area contributed by atoms with Crippen molar-refractivity contribution >= 4 is 46.4 Å². The molecule has 0 radical (unpaired) electrons. The van der Waals surface area contributed by atoms with Crippen LogP contribution < -0.4 is 10.6 Å². The van der Waals surface area contributed by atoms with E-state index in [2.05, 4.69) is 29.9 Å². The second-order valence-corrected chi connectivity index (χ2v) is 6.85. The summed E-state index contributed by atoms with van der Waals surface area (Å²) in [6.07, 6.45) is 2.45. The van der Waals surface area contributed by atoms with E-state index in [4.69, 9.17) is 10.3 Å². The largest absolute Gasteiger partial charge is 0.370 e. The second-order valence-electron chi connectivity index (χ2n) is 5.98. The summed E-state index contributed by atoms with van der Waals surface area (Å²) in [5, 5.41) is 7.02. The number of thiazole rings is 1. The molecule has 1 fully saturated rings. The highest BCUT2D eigenvalue weighted by Crippen LogP contribution is 2.18. The maximum Gasteiger partial charge on any atom is 0.228 e. The Morgan fingerprint density at radius 3 is 2.72 bits per heavy atom. The number of hydrogen-bond acceptors (Lipinski definition) is 7. The van der Waals surface area contributed by atoms with Gasteiger partial charge in [-0.1, -0.05) is 19.0 Å². The monoisotopic (exact) mass is 477 g/mol. The summed E-state index contributed by atoms with van der Waals surface area (Å²) < 4.78 is 5.21. The molecule has 2 N–H and O–H groups in total. The molecule has 10 heteroatoms. The third-order valence-corrected chi connectivity index (χ3v) is 4.73. The van der Waals surface area contributed by atoms with Gasteiger partial charge in [-0.05, 0) is 0 Å². The Balaban J connectivity index is 0.00000225.